The van der Waals surface area contributed by atoms with Crippen molar-refractivity contribution in [3.63, 3.8) is 0 Å². The van der Waals surface area contributed by atoms with Gasteiger partial charge < -0.3 is 4.57 Å². The maximum absolute atomic E-state index is 13.1. The number of benzene rings is 2. The van der Waals surface area contributed by atoms with Gasteiger partial charge in [0, 0.05) is 29.6 Å². The highest BCUT2D eigenvalue weighted by atomic mass is 32.1. The van der Waals surface area contributed by atoms with Crippen LogP contribution in [0, 0.1) is 15.9 Å². The number of rotatable bonds is 6. The number of allylic oxidation sites excluding steroid dienone is 1. The number of aromatic nitrogens is 1. The van der Waals surface area contributed by atoms with Crippen molar-refractivity contribution in [1.82, 2.24) is 4.57 Å². The molecule has 0 radical (unpaired) electrons. The molecule has 0 amide bonds. The van der Waals surface area contributed by atoms with E-state index in [-0.39, 0.29) is 11.5 Å². The first kappa shape index (κ1) is 19.4. The number of nitrogens with zero attached hydrogens (tertiary/aromatic N) is 4. The normalized spacial score (nSPS) is 12.2. The van der Waals surface area contributed by atoms with Crippen LogP contribution in [0.4, 0.5) is 10.1 Å². The van der Waals surface area contributed by atoms with Crippen molar-refractivity contribution >= 4 is 22.7 Å². The van der Waals surface area contributed by atoms with Crippen LogP contribution in [0.15, 0.2) is 76.8 Å². The van der Waals surface area contributed by atoms with Crippen LogP contribution in [0.25, 0.3) is 11.3 Å². The highest BCUT2D eigenvalue weighted by molar-refractivity contribution is 7.07. The molecule has 0 spiro atoms. The third-order valence-corrected chi connectivity index (χ3v) is 4.86. The summed E-state index contributed by atoms with van der Waals surface area (Å²) in [5.41, 5.74) is 2.96. The van der Waals surface area contributed by atoms with Crippen molar-refractivity contribution in [2.24, 2.45) is 10.2 Å². The zero-order chi connectivity index (χ0) is 20.1. The number of hydrogen-bond donors (Lipinski definition) is 0. The van der Waals surface area contributed by atoms with Gasteiger partial charge in [0.05, 0.1) is 16.3 Å². The van der Waals surface area contributed by atoms with E-state index in [1.54, 1.807) is 31.2 Å². The topological polar surface area (TPSA) is 72.8 Å². The molecular weight excluding hydrogens is 379 g/mol. The van der Waals surface area contributed by atoms with Gasteiger partial charge in [-0.2, -0.15) is 5.10 Å². The maximum atomic E-state index is 13.1. The first-order valence-corrected chi connectivity index (χ1v) is 9.26. The van der Waals surface area contributed by atoms with Crippen molar-refractivity contribution in [2.45, 2.75) is 13.5 Å². The molecule has 0 fully saturated rings. The van der Waals surface area contributed by atoms with Crippen LogP contribution in [-0.4, -0.2) is 15.2 Å². The van der Waals surface area contributed by atoms with E-state index >= 15 is 0 Å². The molecule has 0 saturated carbocycles. The predicted molar refractivity (Wildman–Crippen MR) is 109 cm³/mol. The molecule has 0 aliphatic carbocycles. The van der Waals surface area contributed by atoms with E-state index in [2.05, 4.69) is 16.8 Å². The van der Waals surface area contributed by atoms with E-state index in [1.165, 1.54) is 35.6 Å². The summed E-state index contributed by atoms with van der Waals surface area (Å²) in [5.74, 6) is -0.308. The summed E-state index contributed by atoms with van der Waals surface area (Å²) >= 11 is 1.38. The average Bonchev–Trinajstić information content (AvgIpc) is 3.09. The van der Waals surface area contributed by atoms with Gasteiger partial charge in [-0.25, -0.2) is 4.39 Å². The molecule has 0 N–H and O–H groups in total. The van der Waals surface area contributed by atoms with Crippen LogP contribution >= 0.6 is 11.3 Å². The van der Waals surface area contributed by atoms with Crippen molar-refractivity contribution in [3.05, 3.63) is 92.9 Å². The lowest BCUT2D eigenvalue weighted by atomic mass is 10.1. The van der Waals surface area contributed by atoms with E-state index in [4.69, 9.17) is 0 Å². The van der Waals surface area contributed by atoms with Gasteiger partial charge in [-0.05, 0) is 24.6 Å². The standard InChI is InChI=1S/C20H17FN4O2S/c1-3-11-24-19(16-5-4-6-18(12-16)25(26)27)13-28-20(24)23-22-14(2)15-7-9-17(21)10-8-15/h3-10,12-13H,1,11H2,2H3/b22-14-,23-20-. The molecule has 0 aliphatic heterocycles. The summed E-state index contributed by atoms with van der Waals surface area (Å²) in [4.78, 5) is 11.3. The molecule has 142 valence electrons. The number of nitro groups is 1. The lowest BCUT2D eigenvalue weighted by molar-refractivity contribution is -0.384. The molecule has 6 nitrogen and oxygen atoms in total. The van der Waals surface area contributed by atoms with E-state index in [0.29, 0.717) is 22.6 Å². The fraction of sp³-hybridized carbons (Fsp3) is 0.100. The van der Waals surface area contributed by atoms with Crippen LogP contribution in [0.5, 0.6) is 0 Å². The number of nitro benzene ring substituents is 1. The molecule has 8 heteroatoms. The third kappa shape index (κ3) is 4.29. The van der Waals surface area contributed by atoms with Gasteiger partial charge in [0.25, 0.3) is 5.69 Å². The van der Waals surface area contributed by atoms with E-state index < -0.39 is 4.92 Å². The maximum Gasteiger partial charge on any atom is 0.270 e. The Hall–Kier alpha value is -3.39. The Balaban J connectivity index is 2.03. The summed E-state index contributed by atoms with van der Waals surface area (Å²) in [6.45, 7) is 6.04. The summed E-state index contributed by atoms with van der Waals surface area (Å²) in [5, 5.41) is 21.5. The largest absolute Gasteiger partial charge is 0.311 e. The number of non-ortho nitro benzene ring substituents is 1. The lowest BCUT2D eigenvalue weighted by Gasteiger charge is -2.06. The summed E-state index contributed by atoms with van der Waals surface area (Å²) in [6.07, 6.45) is 1.73. The predicted octanol–water partition coefficient (Wildman–Crippen LogP) is 4.77. The van der Waals surface area contributed by atoms with Crippen molar-refractivity contribution in [2.75, 3.05) is 0 Å². The molecule has 0 atom stereocenters. The van der Waals surface area contributed by atoms with Crippen LogP contribution in [0.3, 0.4) is 0 Å². The Labute approximate surface area is 164 Å². The minimum atomic E-state index is -0.421. The monoisotopic (exact) mass is 396 g/mol. The SMILES string of the molecule is C=CCn1c(-c2cccc([N+](=O)[O-])c2)cs/c1=N\N=C(\C)c1ccc(F)cc1. The Morgan fingerprint density at radius 1 is 1.32 bits per heavy atom. The van der Waals surface area contributed by atoms with E-state index in [9.17, 15) is 14.5 Å². The number of halogens is 1. The zero-order valence-electron chi connectivity index (χ0n) is 15.1. The second-order valence-corrected chi connectivity index (χ2v) is 6.74. The molecule has 2 aromatic carbocycles. The lowest BCUT2D eigenvalue weighted by Crippen LogP contribution is -2.15. The summed E-state index contributed by atoms with van der Waals surface area (Å²) in [6, 6.07) is 12.5. The van der Waals surface area contributed by atoms with Gasteiger partial charge in [-0.1, -0.05) is 30.3 Å². The van der Waals surface area contributed by atoms with Crippen molar-refractivity contribution < 1.29 is 9.31 Å². The Morgan fingerprint density at radius 3 is 2.75 bits per heavy atom. The summed E-state index contributed by atoms with van der Waals surface area (Å²) in [7, 11) is 0. The molecule has 0 aliphatic rings. The van der Waals surface area contributed by atoms with Crippen molar-refractivity contribution in [3.8, 4) is 11.3 Å². The minimum absolute atomic E-state index is 0.0255. The number of hydrogen-bond acceptors (Lipinski definition) is 5. The molecule has 0 saturated heterocycles. The second-order valence-electron chi connectivity index (χ2n) is 5.90. The van der Waals surface area contributed by atoms with Gasteiger partial charge in [0.15, 0.2) is 0 Å². The van der Waals surface area contributed by atoms with Crippen molar-refractivity contribution in [1.29, 1.82) is 0 Å². The summed E-state index contributed by atoms with van der Waals surface area (Å²) < 4.78 is 15.0. The van der Waals surface area contributed by atoms with Crippen LogP contribution < -0.4 is 4.80 Å². The van der Waals surface area contributed by atoms with Gasteiger partial charge in [0.2, 0.25) is 4.80 Å². The molecule has 0 bridgehead atoms. The fourth-order valence-corrected chi connectivity index (χ4v) is 3.46. The van der Waals surface area contributed by atoms with E-state index in [1.807, 2.05) is 16.0 Å². The molecule has 3 aromatic rings. The molecule has 1 heterocycles. The van der Waals surface area contributed by atoms with Crippen LogP contribution in [-0.2, 0) is 6.54 Å². The Morgan fingerprint density at radius 2 is 2.07 bits per heavy atom. The molecule has 1 aromatic heterocycles. The third-order valence-electron chi connectivity index (χ3n) is 4.01. The van der Waals surface area contributed by atoms with Crippen LogP contribution in [0.1, 0.15) is 12.5 Å². The zero-order valence-corrected chi connectivity index (χ0v) is 15.9. The average molecular weight is 396 g/mol. The minimum Gasteiger partial charge on any atom is -0.311 e. The Kier molecular flexibility index (Phi) is 5.90. The van der Waals surface area contributed by atoms with Crippen LogP contribution in [0.2, 0.25) is 0 Å². The highest BCUT2D eigenvalue weighted by Crippen LogP contribution is 2.24. The first-order chi connectivity index (χ1) is 13.5. The fourth-order valence-electron chi connectivity index (χ4n) is 2.59. The quantitative estimate of drug-likeness (QED) is 0.260. The highest BCUT2D eigenvalue weighted by Gasteiger charge is 2.11. The molecule has 0 unspecified atom stereocenters. The number of thiazole rings is 1. The molecular formula is C20H17FN4O2S. The van der Waals surface area contributed by atoms with Gasteiger partial charge in [-0.3, -0.25) is 10.1 Å². The van der Waals surface area contributed by atoms with Gasteiger partial charge >= 0.3 is 0 Å². The van der Waals surface area contributed by atoms with Gasteiger partial charge in [0.1, 0.15) is 5.82 Å². The Bertz CT molecular complexity index is 1110. The smallest absolute Gasteiger partial charge is 0.270 e. The van der Waals surface area contributed by atoms with E-state index in [0.717, 1.165) is 11.3 Å². The second kappa shape index (κ2) is 8.53. The van der Waals surface area contributed by atoms with Gasteiger partial charge in [-0.15, -0.1) is 23.0 Å². The molecule has 28 heavy (non-hydrogen) atoms. The molecule has 3 rings (SSSR count). The first-order valence-electron chi connectivity index (χ1n) is 8.38.